The Balaban J connectivity index is 1.93. The molecule has 0 aliphatic heterocycles. The number of rotatable bonds is 11. The maximum atomic E-state index is 13.2. The molecule has 170 valence electrons. The smallest absolute Gasteiger partial charge is 0.351 e. The fourth-order valence-electron chi connectivity index (χ4n) is 3.49. The van der Waals surface area contributed by atoms with E-state index in [0.717, 1.165) is 18.5 Å². The van der Waals surface area contributed by atoms with Crippen LogP contribution in [0.2, 0.25) is 5.02 Å². The minimum absolute atomic E-state index is 0.0179. The summed E-state index contributed by atoms with van der Waals surface area (Å²) >= 11 is 6.16. The first kappa shape index (κ1) is 23.9. The van der Waals surface area contributed by atoms with E-state index in [2.05, 4.69) is 10.4 Å². The maximum absolute atomic E-state index is 13.2. The second-order valence-corrected chi connectivity index (χ2v) is 8.58. The minimum atomic E-state index is -0.366. The van der Waals surface area contributed by atoms with Gasteiger partial charge >= 0.3 is 5.69 Å². The molecule has 0 saturated heterocycles. The van der Waals surface area contributed by atoms with E-state index in [-0.39, 0.29) is 30.5 Å². The Hall–Kier alpha value is -2.74. The highest BCUT2D eigenvalue weighted by Gasteiger charge is 2.19. The fourth-order valence-corrected chi connectivity index (χ4v) is 3.68. The molecule has 0 aliphatic carbocycles. The van der Waals surface area contributed by atoms with Crippen molar-refractivity contribution in [3.05, 3.63) is 69.6 Å². The van der Waals surface area contributed by atoms with E-state index in [0.29, 0.717) is 35.1 Å². The maximum Gasteiger partial charge on any atom is 0.351 e. The van der Waals surface area contributed by atoms with Crippen LogP contribution in [-0.4, -0.2) is 44.9 Å². The topological polar surface area (TPSA) is 89.2 Å². The molecule has 7 nitrogen and oxygen atoms in total. The molecule has 0 bridgehead atoms. The van der Waals surface area contributed by atoms with Crippen LogP contribution in [-0.2, 0) is 17.8 Å². The van der Waals surface area contributed by atoms with Gasteiger partial charge in [0.1, 0.15) is 0 Å². The lowest BCUT2D eigenvalue weighted by atomic mass is 10.1. The van der Waals surface area contributed by atoms with E-state index in [1.807, 2.05) is 44.2 Å². The second-order valence-electron chi connectivity index (χ2n) is 8.14. The van der Waals surface area contributed by atoms with Crippen LogP contribution in [0, 0.1) is 5.92 Å². The van der Waals surface area contributed by atoms with Gasteiger partial charge in [-0.05, 0) is 48.7 Å². The monoisotopic (exact) mass is 456 g/mol. The predicted molar refractivity (Wildman–Crippen MR) is 126 cm³/mol. The summed E-state index contributed by atoms with van der Waals surface area (Å²) in [5, 5.41) is 17.1. The molecule has 0 atom stereocenters. The molecule has 0 fully saturated rings. The Bertz CT molecular complexity index is 1100. The van der Waals surface area contributed by atoms with Gasteiger partial charge in [0.15, 0.2) is 11.6 Å². The number of Topliss-reactive ketones (excluding diaryl/α,β-unsaturated/α-hetero) is 1. The number of aliphatic hydroxyl groups is 1. The molecule has 1 heterocycles. The van der Waals surface area contributed by atoms with Crippen LogP contribution in [0.1, 0.15) is 25.8 Å². The number of benzene rings is 2. The average Bonchev–Trinajstić information content (AvgIpc) is 3.07. The van der Waals surface area contributed by atoms with Gasteiger partial charge in [-0.1, -0.05) is 49.7 Å². The molecule has 0 radical (unpaired) electrons. The van der Waals surface area contributed by atoms with Crippen molar-refractivity contribution in [3.63, 3.8) is 0 Å². The standard InChI is InChI=1S/C24H29ClN4O3/c1-17(2)14-22(31)16-28-23(19-4-3-5-20(25)15-19)27-29(24(28)32)21-8-6-18(7-9-21)10-11-26-12-13-30/h3-9,15,17,26,30H,10-14,16H2,1-2H3. The van der Waals surface area contributed by atoms with Crippen LogP contribution in [0.3, 0.4) is 0 Å². The Labute approximate surface area is 192 Å². The summed E-state index contributed by atoms with van der Waals surface area (Å²) in [6.07, 6.45) is 1.20. The number of aliphatic hydroxyl groups excluding tert-OH is 1. The highest BCUT2D eigenvalue weighted by atomic mass is 35.5. The summed E-state index contributed by atoms with van der Waals surface area (Å²) in [4.78, 5) is 25.8. The highest BCUT2D eigenvalue weighted by Crippen LogP contribution is 2.21. The van der Waals surface area contributed by atoms with Gasteiger partial charge in [-0.2, -0.15) is 4.68 Å². The molecule has 0 spiro atoms. The number of ketones is 1. The predicted octanol–water partition coefficient (Wildman–Crippen LogP) is 3.09. The quantitative estimate of drug-likeness (QED) is 0.433. The molecule has 3 rings (SSSR count). The molecule has 0 unspecified atom stereocenters. The van der Waals surface area contributed by atoms with Crippen LogP contribution in [0.5, 0.6) is 0 Å². The molecular formula is C24H29ClN4O3. The Morgan fingerprint density at radius 1 is 1.16 bits per heavy atom. The van der Waals surface area contributed by atoms with Gasteiger partial charge in [0.05, 0.1) is 18.8 Å². The van der Waals surface area contributed by atoms with E-state index < -0.39 is 0 Å². The van der Waals surface area contributed by atoms with Gasteiger partial charge in [0, 0.05) is 23.6 Å². The minimum Gasteiger partial charge on any atom is -0.395 e. The zero-order chi connectivity index (χ0) is 23.1. The van der Waals surface area contributed by atoms with E-state index >= 15 is 0 Å². The Morgan fingerprint density at radius 2 is 1.91 bits per heavy atom. The molecular weight excluding hydrogens is 428 g/mol. The Kier molecular flexibility index (Phi) is 8.39. The van der Waals surface area contributed by atoms with Crippen LogP contribution in [0.25, 0.3) is 17.1 Å². The van der Waals surface area contributed by atoms with Crippen LogP contribution in [0.4, 0.5) is 0 Å². The number of nitrogens with zero attached hydrogens (tertiary/aromatic N) is 3. The van der Waals surface area contributed by atoms with Crippen LogP contribution in [0.15, 0.2) is 53.3 Å². The normalized spacial score (nSPS) is 11.3. The number of hydrogen-bond donors (Lipinski definition) is 2. The number of hydrogen-bond acceptors (Lipinski definition) is 5. The summed E-state index contributed by atoms with van der Waals surface area (Å²) in [5.41, 5.74) is 2.04. The van der Waals surface area contributed by atoms with Crippen molar-refractivity contribution in [1.82, 2.24) is 19.7 Å². The van der Waals surface area contributed by atoms with Crippen molar-refractivity contribution >= 4 is 17.4 Å². The van der Waals surface area contributed by atoms with E-state index in [1.54, 1.807) is 18.2 Å². The summed E-state index contributed by atoms with van der Waals surface area (Å²) < 4.78 is 2.75. The van der Waals surface area contributed by atoms with Gasteiger partial charge < -0.3 is 10.4 Å². The molecule has 2 N–H and O–H groups in total. The van der Waals surface area contributed by atoms with Gasteiger partial charge in [-0.3, -0.25) is 9.36 Å². The first-order valence-corrected chi connectivity index (χ1v) is 11.1. The van der Waals surface area contributed by atoms with Crippen molar-refractivity contribution in [2.75, 3.05) is 19.7 Å². The number of carbonyl (C=O) groups is 1. The molecule has 32 heavy (non-hydrogen) atoms. The van der Waals surface area contributed by atoms with Gasteiger partial charge in [-0.25, -0.2) is 4.79 Å². The summed E-state index contributed by atoms with van der Waals surface area (Å²) in [7, 11) is 0. The largest absolute Gasteiger partial charge is 0.395 e. The van der Waals surface area contributed by atoms with Gasteiger partial charge in [0.2, 0.25) is 0 Å². The second kappa shape index (κ2) is 11.2. The molecule has 8 heteroatoms. The molecule has 0 aliphatic rings. The first-order chi connectivity index (χ1) is 15.4. The first-order valence-electron chi connectivity index (χ1n) is 10.8. The molecule has 0 amide bonds. The van der Waals surface area contributed by atoms with Crippen molar-refractivity contribution in [2.45, 2.75) is 33.2 Å². The zero-order valence-corrected chi connectivity index (χ0v) is 19.2. The van der Waals surface area contributed by atoms with E-state index in [4.69, 9.17) is 16.7 Å². The zero-order valence-electron chi connectivity index (χ0n) is 18.4. The number of aromatic nitrogens is 3. The van der Waals surface area contributed by atoms with Gasteiger partial charge in [0.25, 0.3) is 0 Å². The molecule has 2 aromatic carbocycles. The van der Waals surface area contributed by atoms with Gasteiger partial charge in [-0.15, -0.1) is 5.10 Å². The number of carbonyl (C=O) groups excluding carboxylic acids is 1. The van der Waals surface area contributed by atoms with Crippen molar-refractivity contribution in [2.24, 2.45) is 5.92 Å². The van der Waals surface area contributed by atoms with Crippen LogP contribution < -0.4 is 11.0 Å². The Morgan fingerprint density at radius 3 is 2.56 bits per heavy atom. The summed E-state index contributed by atoms with van der Waals surface area (Å²) in [6, 6.07) is 14.7. The lowest BCUT2D eigenvalue weighted by Crippen LogP contribution is -2.27. The molecule has 0 saturated carbocycles. The third-order valence-corrected chi connectivity index (χ3v) is 5.21. The van der Waals surface area contributed by atoms with Crippen LogP contribution >= 0.6 is 11.6 Å². The van der Waals surface area contributed by atoms with Crippen molar-refractivity contribution in [1.29, 1.82) is 0 Å². The van der Waals surface area contributed by atoms with E-state index in [1.165, 1.54) is 9.25 Å². The fraction of sp³-hybridized carbons (Fsp3) is 0.375. The molecule has 1 aromatic heterocycles. The van der Waals surface area contributed by atoms with E-state index in [9.17, 15) is 9.59 Å². The van der Waals surface area contributed by atoms with Crippen molar-refractivity contribution < 1.29 is 9.90 Å². The SMILES string of the molecule is CC(C)CC(=O)Cn1c(-c2cccc(Cl)c2)nn(-c2ccc(CCNCCO)cc2)c1=O. The molecule has 3 aromatic rings. The number of halogens is 1. The lowest BCUT2D eigenvalue weighted by Gasteiger charge is -2.07. The third kappa shape index (κ3) is 6.16. The highest BCUT2D eigenvalue weighted by molar-refractivity contribution is 6.30. The summed E-state index contributed by atoms with van der Waals surface area (Å²) in [5.74, 6) is 0.602. The van der Waals surface area contributed by atoms with Crippen molar-refractivity contribution in [3.8, 4) is 17.1 Å². The number of nitrogens with one attached hydrogen (secondary N) is 1. The summed E-state index contributed by atoms with van der Waals surface area (Å²) in [6.45, 7) is 5.34. The third-order valence-electron chi connectivity index (χ3n) is 4.98. The average molecular weight is 457 g/mol. The lowest BCUT2D eigenvalue weighted by molar-refractivity contribution is -0.120.